The van der Waals surface area contributed by atoms with Gasteiger partial charge in [-0.25, -0.2) is 0 Å². The molecule has 0 atom stereocenters. The number of aromatic nitrogens is 4. The van der Waals surface area contributed by atoms with E-state index in [0.29, 0.717) is 0 Å². The van der Waals surface area contributed by atoms with Crippen LogP contribution in [0.4, 0.5) is 0 Å². The van der Waals surface area contributed by atoms with Crippen LogP contribution in [0.3, 0.4) is 0 Å². The SMILES string of the molecule is Cc1ccc(-c2ccc3nnc(C)n3n2)cc1. The Hall–Kier alpha value is -2.23. The quantitative estimate of drug-likeness (QED) is 0.637. The topological polar surface area (TPSA) is 43.1 Å². The minimum atomic E-state index is 0.776. The molecule has 4 nitrogen and oxygen atoms in total. The standard InChI is InChI=1S/C13H12N4/c1-9-3-5-11(6-4-9)12-7-8-13-15-14-10(2)17(13)16-12/h3-8H,1-2H3. The van der Waals surface area contributed by atoms with Crippen molar-refractivity contribution in [3.63, 3.8) is 0 Å². The third-order valence-corrected chi connectivity index (χ3v) is 2.77. The first-order valence-corrected chi connectivity index (χ1v) is 5.50. The van der Waals surface area contributed by atoms with Crippen LogP contribution in [0.15, 0.2) is 36.4 Å². The Morgan fingerprint density at radius 1 is 0.882 bits per heavy atom. The number of fused-ring (bicyclic) bond motifs is 1. The fourth-order valence-corrected chi connectivity index (χ4v) is 1.77. The summed E-state index contributed by atoms with van der Waals surface area (Å²) in [7, 11) is 0. The van der Waals surface area contributed by atoms with Gasteiger partial charge >= 0.3 is 0 Å². The van der Waals surface area contributed by atoms with Crippen LogP contribution in [0.2, 0.25) is 0 Å². The summed E-state index contributed by atoms with van der Waals surface area (Å²) in [6, 6.07) is 12.2. The molecule has 84 valence electrons. The molecule has 17 heavy (non-hydrogen) atoms. The van der Waals surface area contributed by atoms with Gasteiger partial charge in [0.05, 0.1) is 5.69 Å². The molecule has 0 aliphatic heterocycles. The summed E-state index contributed by atoms with van der Waals surface area (Å²) in [6.45, 7) is 3.97. The van der Waals surface area contributed by atoms with E-state index in [4.69, 9.17) is 0 Å². The predicted octanol–water partition coefficient (Wildman–Crippen LogP) is 2.41. The zero-order chi connectivity index (χ0) is 11.8. The van der Waals surface area contributed by atoms with Crippen molar-refractivity contribution < 1.29 is 0 Å². The fraction of sp³-hybridized carbons (Fsp3) is 0.154. The van der Waals surface area contributed by atoms with Crippen LogP contribution in [0.25, 0.3) is 16.9 Å². The van der Waals surface area contributed by atoms with Gasteiger partial charge in [0.1, 0.15) is 0 Å². The van der Waals surface area contributed by atoms with Crippen LogP contribution >= 0.6 is 0 Å². The molecular weight excluding hydrogens is 212 g/mol. The van der Waals surface area contributed by atoms with Gasteiger partial charge in [0.2, 0.25) is 0 Å². The van der Waals surface area contributed by atoms with Gasteiger partial charge < -0.3 is 0 Å². The number of benzene rings is 1. The van der Waals surface area contributed by atoms with Gasteiger partial charge in [0, 0.05) is 5.56 Å². The van der Waals surface area contributed by atoms with Crippen molar-refractivity contribution in [2.24, 2.45) is 0 Å². The summed E-state index contributed by atoms with van der Waals surface area (Å²) >= 11 is 0. The number of hydrogen-bond acceptors (Lipinski definition) is 3. The van der Waals surface area contributed by atoms with E-state index in [-0.39, 0.29) is 0 Å². The maximum atomic E-state index is 4.53. The molecule has 4 heteroatoms. The first-order chi connectivity index (χ1) is 8.24. The van der Waals surface area contributed by atoms with Crippen LogP contribution in [0, 0.1) is 13.8 Å². The van der Waals surface area contributed by atoms with E-state index in [2.05, 4.69) is 46.5 Å². The Bertz CT molecular complexity index is 667. The molecule has 1 aromatic carbocycles. The molecule has 0 saturated heterocycles. The van der Waals surface area contributed by atoms with Crippen molar-refractivity contribution in [2.75, 3.05) is 0 Å². The number of rotatable bonds is 1. The van der Waals surface area contributed by atoms with Gasteiger partial charge in [-0.1, -0.05) is 29.8 Å². The lowest BCUT2D eigenvalue weighted by atomic mass is 10.1. The number of nitrogens with zero attached hydrogens (tertiary/aromatic N) is 4. The average Bonchev–Trinajstić information content (AvgIpc) is 2.72. The molecule has 2 heterocycles. The average molecular weight is 224 g/mol. The Morgan fingerprint density at radius 3 is 2.41 bits per heavy atom. The summed E-state index contributed by atoms with van der Waals surface area (Å²) in [6.07, 6.45) is 0. The monoisotopic (exact) mass is 224 g/mol. The molecule has 0 fully saturated rings. The van der Waals surface area contributed by atoms with Crippen molar-refractivity contribution in [1.82, 2.24) is 19.8 Å². The second-order valence-corrected chi connectivity index (χ2v) is 4.10. The molecule has 0 aliphatic carbocycles. The normalized spacial score (nSPS) is 10.9. The Morgan fingerprint density at radius 2 is 1.65 bits per heavy atom. The second-order valence-electron chi connectivity index (χ2n) is 4.10. The van der Waals surface area contributed by atoms with Crippen LogP contribution in [0.1, 0.15) is 11.4 Å². The molecule has 3 rings (SSSR count). The van der Waals surface area contributed by atoms with E-state index in [1.54, 1.807) is 4.52 Å². The molecule has 0 saturated carbocycles. The first-order valence-electron chi connectivity index (χ1n) is 5.50. The third kappa shape index (κ3) is 1.67. The summed E-state index contributed by atoms with van der Waals surface area (Å²) in [5.74, 6) is 0.800. The van der Waals surface area contributed by atoms with Gasteiger partial charge in [-0.05, 0) is 26.0 Å². The zero-order valence-electron chi connectivity index (χ0n) is 9.75. The Labute approximate surface area is 98.9 Å². The predicted molar refractivity (Wildman–Crippen MR) is 65.7 cm³/mol. The van der Waals surface area contributed by atoms with Crippen LogP contribution < -0.4 is 0 Å². The molecule has 0 N–H and O–H groups in total. The van der Waals surface area contributed by atoms with E-state index >= 15 is 0 Å². The van der Waals surface area contributed by atoms with Crippen LogP contribution in [-0.4, -0.2) is 19.8 Å². The maximum absolute atomic E-state index is 4.53. The van der Waals surface area contributed by atoms with Crippen molar-refractivity contribution in [3.8, 4) is 11.3 Å². The first kappa shape index (κ1) is 9.96. The second kappa shape index (κ2) is 3.66. The summed E-state index contributed by atoms with van der Waals surface area (Å²) in [5.41, 5.74) is 4.06. The minimum Gasteiger partial charge on any atom is -0.197 e. The summed E-state index contributed by atoms with van der Waals surface area (Å²) in [5, 5.41) is 12.5. The van der Waals surface area contributed by atoms with E-state index < -0.39 is 0 Å². The van der Waals surface area contributed by atoms with E-state index in [9.17, 15) is 0 Å². The molecule has 0 spiro atoms. The van der Waals surface area contributed by atoms with E-state index in [1.165, 1.54) is 5.56 Å². The lowest BCUT2D eigenvalue weighted by molar-refractivity contribution is 0.880. The highest BCUT2D eigenvalue weighted by atomic mass is 15.4. The fourth-order valence-electron chi connectivity index (χ4n) is 1.77. The van der Waals surface area contributed by atoms with Crippen LogP contribution in [0.5, 0.6) is 0 Å². The molecule has 2 aromatic heterocycles. The lowest BCUT2D eigenvalue weighted by Gasteiger charge is -2.02. The smallest absolute Gasteiger partial charge is 0.177 e. The van der Waals surface area contributed by atoms with Crippen LogP contribution in [-0.2, 0) is 0 Å². The third-order valence-electron chi connectivity index (χ3n) is 2.77. The molecule has 0 amide bonds. The van der Waals surface area contributed by atoms with Gasteiger partial charge in [0.25, 0.3) is 0 Å². The largest absolute Gasteiger partial charge is 0.197 e. The molecular formula is C13H12N4. The highest BCUT2D eigenvalue weighted by Gasteiger charge is 2.04. The van der Waals surface area contributed by atoms with Gasteiger partial charge in [-0.3, -0.25) is 0 Å². The van der Waals surface area contributed by atoms with Crippen molar-refractivity contribution in [1.29, 1.82) is 0 Å². The minimum absolute atomic E-state index is 0.776. The molecule has 0 bridgehead atoms. The van der Waals surface area contributed by atoms with Gasteiger partial charge in [-0.15, -0.1) is 10.2 Å². The Balaban J connectivity index is 2.17. The van der Waals surface area contributed by atoms with Crippen molar-refractivity contribution in [2.45, 2.75) is 13.8 Å². The molecule has 3 aromatic rings. The highest BCUT2D eigenvalue weighted by Crippen LogP contribution is 2.17. The van der Waals surface area contributed by atoms with E-state index in [1.807, 2.05) is 19.1 Å². The van der Waals surface area contributed by atoms with Gasteiger partial charge in [0.15, 0.2) is 11.5 Å². The zero-order valence-corrected chi connectivity index (χ0v) is 9.75. The maximum Gasteiger partial charge on any atom is 0.177 e. The summed E-state index contributed by atoms with van der Waals surface area (Å²) < 4.78 is 1.76. The van der Waals surface area contributed by atoms with E-state index in [0.717, 1.165) is 22.7 Å². The Kier molecular flexibility index (Phi) is 2.14. The lowest BCUT2D eigenvalue weighted by Crippen LogP contribution is -1.96. The van der Waals surface area contributed by atoms with Crippen molar-refractivity contribution >= 4 is 5.65 Å². The highest BCUT2D eigenvalue weighted by molar-refractivity contribution is 5.60. The number of aryl methyl sites for hydroxylation is 2. The van der Waals surface area contributed by atoms with Crippen molar-refractivity contribution in [3.05, 3.63) is 47.8 Å². The molecule has 0 radical (unpaired) electrons. The molecule has 0 aliphatic rings. The molecule has 0 unspecified atom stereocenters. The van der Waals surface area contributed by atoms with Gasteiger partial charge in [-0.2, -0.15) is 9.61 Å². The summed E-state index contributed by atoms with van der Waals surface area (Å²) in [4.78, 5) is 0. The number of hydrogen-bond donors (Lipinski definition) is 0.